The molecule has 0 spiro atoms. The predicted octanol–water partition coefficient (Wildman–Crippen LogP) is 1.55. The Morgan fingerprint density at radius 2 is 2.25 bits per heavy atom. The van der Waals surface area contributed by atoms with Crippen LogP contribution in [0.3, 0.4) is 0 Å². The fourth-order valence-corrected chi connectivity index (χ4v) is 1.30. The summed E-state index contributed by atoms with van der Waals surface area (Å²) >= 11 is 0. The van der Waals surface area contributed by atoms with Crippen molar-refractivity contribution in [2.24, 2.45) is 7.05 Å². The second-order valence-electron chi connectivity index (χ2n) is 2.88. The van der Waals surface area contributed by atoms with E-state index in [9.17, 15) is 0 Å². The molecule has 0 aliphatic carbocycles. The standard InChI is InChI=1S/C9H13N3/c1-4-5-9-11-7(2)8(6-10)12(9)3/h4-5H2,1-3H3. The highest BCUT2D eigenvalue weighted by atomic mass is 15.1. The number of hydrogen-bond acceptors (Lipinski definition) is 2. The third-order valence-corrected chi connectivity index (χ3v) is 1.94. The van der Waals surface area contributed by atoms with Gasteiger partial charge in [-0.3, -0.25) is 0 Å². The molecule has 12 heavy (non-hydrogen) atoms. The first-order valence-corrected chi connectivity index (χ1v) is 4.13. The summed E-state index contributed by atoms with van der Waals surface area (Å²) in [5.41, 5.74) is 1.52. The van der Waals surface area contributed by atoms with Gasteiger partial charge in [0.1, 0.15) is 17.6 Å². The maximum Gasteiger partial charge on any atom is 0.142 e. The van der Waals surface area contributed by atoms with E-state index in [-0.39, 0.29) is 0 Å². The fourth-order valence-electron chi connectivity index (χ4n) is 1.30. The SMILES string of the molecule is CCCc1nc(C)c(C#N)n1C. The topological polar surface area (TPSA) is 41.6 Å². The largest absolute Gasteiger partial charge is 0.323 e. The Kier molecular flexibility index (Phi) is 2.49. The molecule has 1 aromatic heterocycles. The maximum atomic E-state index is 8.77. The highest BCUT2D eigenvalue weighted by Crippen LogP contribution is 2.09. The van der Waals surface area contributed by atoms with Gasteiger partial charge in [-0.15, -0.1) is 0 Å². The average molecular weight is 163 g/mol. The molecule has 3 nitrogen and oxygen atoms in total. The molecule has 0 fully saturated rings. The molecule has 3 heteroatoms. The first-order chi connectivity index (χ1) is 5.70. The van der Waals surface area contributed by atoms with E-state index in [2.05, 4.69) is 18.0 Å². The van der Waals surface area contributed by atoms with Gasteiger partial charge in [0.05, 0.1) is 5.69 Å². The summed E-state index contributed by atoms with van der Waals surface area (Å²) in [7, 11) is 1.89. The quantitative estimate of drug-likeness (QED) is 0.663. The second-order valence-corrected chi connectivity index (χ2v) is 2.88. The van der Waals surface area contributed by atoms with Crippen molar-refractivity contribution in [1.29, 1.82) is 5.26 Å². The van der Waals surface area contributed by atoms with Crippen LogP contribution >= 0.6 is 0 Å². The van der Waals surface area contributed by atoms with Gasteiger partial charge < -0.3 is 4.57 Å². The number of nitriles is 1. The van der Waals surface area contributed by atoms with Gasteiger partial charge in [0.15, 0.2) is 0 Å². The van der Waals surface area contributed by atoms with Gasteiger partial charge in [-0.2, -0.15) is 5.26 Å². The van der Waals surface area contributed by atoms with Crippen LogP contribution in [-0.2, 0) is 13.5 Å². The highest BCUT2D eigenvalue weighted by molar-refractivity contribution is 5.28. The molecule has 1 aromatic rings. The van der Waals surface area contributed by atoms with E-state index in [0.29, 0.717) is 5.69 Å². The zero-order valence-electron chi connectivity index (χ0n) is 7.76. The molecule has 0 saturated carbocycles. The van der Waals surface area contributed by atoms with Gasteiger partial charge in [0.25, 0.3) is 0 Å². The summed E-state index contributed by atoms with van der Waals surface area (Å²) in [6.45, 7) is 3.98. The zero-order valence-corrected chi connectivity index (χ0v) is 7.76. The van der Waals surface area contributed by atoms with Gasteiger partial charge in [-0.25, -0.2) is 4.98 Å². The van der Waals surface area contributed by atoms with Gasteiger partial charge in [-0.05, 0) is 13.3 Å². The van der Waals surface area contributed by atoms with Gasteiger partial charge in [-0.1, -0.05) is 6.92 Å². The number of imidazole rings is 1. The van der Waals surface area contributed by atoms with Gasteiger partial charge in [0.2, 0.25) is 0 Å². The molecule has 0 saturated heterocycles. The lowest BCUT2D eigenvalue weighted by Gasteiger charge is -1.98. The van der Waals surface area contributed by atoms with Crippen molar-refractivity contribution in [3.8, 4) is 6.07 Å². The summed E-state index contributed by atoms with van der Waals surface area (Å²) in [5, 5.41) is 8.77. The van der Waals surface area contributed by atoms with E-state index in [1.54, 1.807) is 0 Å². The lowest BCUT2D eigenvalue weighted by atomic mass is 10.3. The van der Waals surface area contributed by atoms with Crippen molar-refractivity contribution in [1.82, 2.24) is 9.55 Å². The highest BCUT2D eigenvalue weighted by Gasteiger charge is 2.08. The normalized spacial score (nSPS) is 9.83. The molecule has 0 atom stereocenters. The zero-order chi connectivity index (χ0) is 9.14. The van der Waals surface area contributed by atoms with E-state index in [1.807, 2.05) is 18.5 Å². The minimum Gasteiger partial charge on any atom is -0.323 e. The van der Waals surface area contributed by atoms with E-state index in [0.717, 1.165) is 24.4 Å². The molecular weight excluding hydrogens is 150 g/mol. The number of rotatable bonds is 2. The third-order valence-electron chi connectivity index (χ3n) is 1.94. The first-order valence-electron chi connectivity index (χ1n) is 4.13. The Balaban J connectivity index is 3.10. The summed E-state index contributed by atoms with van der Waals surface area (Å²) in [6.07, 6.45) is 2.01. The maximum absolute atomic E-state index is 8.77. The molecule has 1 heterocycles. The van der Waals surface area contributed by atoms with Crippen LogP contribution in [0.2, 0.25) is 0 Å². The van der Waals surface area contributed by atoms with E-state index < -0.39 is 0 Å². The van der Waals surface area contributed by atoms with E-state index in [1.165, 1.54) is 0 Å². The summed E-state index contributed by atoms with van der Waals surface area (Å²) < 4.78 is 1.87. The fraction of sp³-hybridized carbons (Fsp3) is 0.556. The van der Waals surface area contributed by atoms with Crippen LogP contribution in [0, 0.1) is 18.3 Å². The van der Waals surface area contributed by atoms with Crippen LogP contribution in [0.1, 0.15) is 30.6 Å². The predicted molar refractivity (Wildman–Crippen MR) is 46.7 cm³/mol. The van der Waals surface area contributed by atoms with Gasteiger partial charge >= 0.3 is 0 Å². The Hall–Kier alpha value is -1.30. The van der Waals surface area contributed by atoms with Crippen molar-refractivity contribution >= 4 is 0 Å². The summed E-state index contributed by atoms with van der Waals surface area (Å²) in [5.74, 6) is 1.01. The molecule has 64 valence electrons. The Morgan fingerprint density at radius 3 is 2.67 bits per heavy atom. The summed E-state index contributed by atoms with van der Waals surface area (Å²) in [6, 6.07) is 2.14. The van der Waals surface area contributed by atoms with E-state index >= 15 is 0 Å². The van der Waals surface area contributed by atoms with Gasteiger partial charge in [0, 0.05) is 13.5 Å². The van der Waals surface area contributed by atoms with Crippen molar-refractivity contribution < 1.29 is 0 Å². The molecule has 0 aromatic carbocycles. The van der Waals surface area contributed by atoms with Crippen LogP contribution < -0.4 is 0 Å². The monoisotopic (exact) mass is 163 g/mol. The smallest absolute Gasteiger partial charge is 0.142 e. The summed E-state index contributed by atoms with van der Waals surface area (Å²) in [4.78, 5) is 4.31. The van der Waals surface area contributed by atoms with Crippen molar-refractivity contribution in [2.45, 2.75) is 26.7 Å². The second kappa shape index (κ2) is 3.40. The number of aryl methyl sites for hydroxylation is 2. The Bertz CT molecular complexity index is 317. The first kappa shape index (κ1) is 8.79. The molecule has 0 N–H and O–H groups in total. The number of nitrogens with zero attached hydrogens (tertiary/aromatic N) is 3. The molecule has 0 aliphatic rings. The van der Waals surface area contributed by atoms with Crippen molar-refractivity contribution in [3.63, 3.8) is 0 Å². The Morgan fingerprint density at radius 1 is 1.58 bits per heavy atom. The molecule has 0 bridgehead atoms. The molecule has 1 rings (SSSR count). The van der Waals surface area contributed by atoms with Crippen LogP contribution in [-0.4, -0.2) is 9.55 Å². The molecule has 0 amide bonds. The van der Waals surface area contributed by atoms with Crippen LogP contribution in [0.15, 0.2) is 0 Å². The molecular formula is C9H13N3. The van der Waals surface area contributed by atoms with Crippen LogP contribution in [0.4, 0.5) is 0 Å². The van der Waals surface area contributed by atoms with E-state index in [4.69, 9.17) is 5.26 Å². The molecule has 0 radical (unpaired) electrons. The van der Waals surface area contributed by atoms with Crippen LogP contribution in [0.5, 0.6) is 0 Å². The van der Waals surface area contributed by atoms with Crippen molar-refractivity contribution in [2.75, 3.05) is 0 Å². The Labute approximate surface area is 72.7 Å². The number of hydrogen-bond donors (Lipinski definition) is 0. The van der Waals surface area contributed by atoms with Crippen LogP contribution in [0.25, 0.3) is 0 Å². The minimum absolute atomic E-state index is 0.679. The third kappa shape index (κ3) is 1.33. The minimum atomic E-state index is 0.679. The molecule has 0 unspecified atom stereocenters. The molecule has 0 aliphatic heterocycles. The lowest BCUT2D eigenvalue weighted by molar-refractivity contribution is 0.753. The average Bonchev–Trinajstić information content (AvgIpc) is 2.29. The number of aromatic nitrogens is 2. The van der Waals surface area contributed by atoms with Crippen molar-refractivity contribution in [3.05, 3.63) is 17.2 Å². The lowest BCUT2D eigenvalue weighted by Crippen LogP contribution is -1.99.